The molecular weight excluding hydrogens is 212 g/mol. The zero-order valence-corrected chi connectivity index (χ0v) is 11.0. The number of rotatable bonds is 4. The molecule has 1 amide bonds. The van der Waals surface area contributed by atoms with E-state index < -0.39 is 0 Å². The third kappa shape index (κ3) is 3.98. The molecule has 0 aromatic heterocycles. The Balaban J connectivity index is 1.68. The van der Waals surface area contributed by atoms with Gasteiger partial charge in [0.15, 0.2) is 0 Å². The molecule has 0 aromatic rings. The van der Waals surface area contributed by atoms with E-state index in [1.807, 2.05) is 0 Å². The van der Waals surface area contributed by atoms with Gasteiger partial charge in [0, 0.05) is 12.5 Å². The van der Waals surface area contributed by atoms with E-state index in [-0.39, 0.29) is 5.91 Å². The topological polar surface area (TPSA) is 41.1 Å². The summed E-state index contributed by atoms with van der Waals surface area (Å²) >= 11 is 0. The van der Waals surface area contributed by atoms with E-state index in [1.54, 1.807) is 0 Å². The van der Waals surface area contributed by atoms with Crippen LogP contribution in [0.5, 0.6) is 0 Å². The van der Waals surface area contributed by atoms with Crippen molar-refractivity contribution in [3.63, 3.8) is 0 Å². The van der Waals surface area contributed by atoms with Gasteiger partial charge in [-0.1, -0.05) is 12.8 Å². The van der Waals surface area contributed by atoms with Gasteiger partial charge in [-0.15, -0.1) is 0 Å². The van der Waals surface area contributed by atoms with Crippen molar-refractivity contribution in [2.75, 3.05) is 13.1 Å². The van der Waals surface area contributed by atoms with E-state index in [9.17, 15) is 4.79 Å². The highest BCUT2D eigenvalue weighted by Gasteiger charge is 2.24. The van der Waals surface area contributed by atoms with Crippen LogP contribution in [0.15, 0.2) is 0 Å². The second-order valence-electron chi connectivity index (χ2n) is 5.80. The highest BCUT2D eigenvalue weighted by atomic mass is 16.1. The maximum atomic E-state index is 11.9. The van der Waals surface area contributed by atoms with Crippen molar-refractivity contribution in [2.24, 2.45) is 11.8 Å². The molecule has 0 radical (unpaired) electrons. The van der Waals surface area contributed by atoms with Crippen molar-refractivity contribution in [3.05, 3.63) is 0 Å². The minimum Gasteiger partial charge on any atom is -0.353 e. The van der Waals surface area contributed by atoms with Crippen LogP contribution in [0.25, 0.3) is 0 Å². The third-order valence-corrected chi connectivity index (χ3v) is 4.43. The standard InChI is InChI=1S/C14H26N2O/c1-11(13-4-2-3-5-13)16-14(17)10-12-6-8-15-9-7-12/h11-13,15H,2-10H2,1H3,(H,16,17)/t11-/m1/s1. The molecule has 3 heteroatoms. The Labute approximate surface area is 105 Å². The summed E-state index contributed by atoms with van der Waals surface area (Å²) in [5, 5.41) is 6.55. The zero-order chi connectivity index (χ0) is 12.1. The highest BCUT2D eigenvalue weighted by Crippen LogP contribution is 2.27. The molecule has 0 spiro atoms. The first-order chi connectivity index (χ1) is 8.25. The molecule has 2 fully saturated rings. The molecule has 1 atom stereocenters. The summed E-state index contributed by atoms with van der Waals surface area (Å²) in [6, 6.07) is 0.381. The first kappa shape index (κ1) is 12.9. The Morgan fingerprint density at radius 1 is 1.24 bits per heavy atom. The molecule has 0 aromatic carbocycles. The third-order valence-electron chi connectivity index (χ3n) is 4.43. The van der Waals surface area contributed by atoms with Crippen molar-refractivity contribution < 1.29 is 4.79 Å². The van der Waals surface area contributed by atoms with Crippen LogP contribution in [-0.2, 0) is 4.79 Å². The summed E-state index contributed by atoms with van der Waals surface area (Å²) in [4.78, 5) is 11.9. The van der Waals surface area contributed by atoms with E-state index in [0.29, 0.717) is 12.0 Å². The first-order valence-electron chi connectivity index (χ1n) is 7.26. The number of hydrogen-bond donors (Lipinski definition) is 2. The number of nitrogens with one attached hydrogen (secondary N) is 2. The Morgan fingerprint density at radius 2 is 1.88 bits per heavy atom. The van der Waals surface area contributed by atoms with Gasteiger partial charge in [-0.2, -0.15) is 0 Å². The average molecular weight is 238 g/mol. The van der Waals surface area contributed by atoms with Crippen LogP contribution >= 0.6 is 0 Å². The van der Waals surface area contributed by atoms with Crippen LogP contribution in [0.4, 0.5) is 0 Å². The molecule has 2 rings (SSSR count). The monoisotopic (exact) mass is 238 g/mol. The largest absolute Gasteiger partial charge is 0.353 e. The van der Waals surface area contributed by atoms with E-state index >= 15 is 0 Å². The average Bonchev–Trinajstić information content (AvgIpc) is 2.83. The second-order valence-corrected chi connectivity index (χ2v) is 5.80. The summed E-state index contributed by atoms with van der Waals surface area (Å²) in [6.45, 7) is 4.34. The van der Waals surface area contributed by atoms with Gasteiger partial charge in [-0.05, 0) is 57.5 Å². The molecule has 1 aliphatic heterocycles. The highest BCUT2D eigenvalue weighted by molar-refractivity contribution is 5.76. The Kier molecular flexibility index (Phi) is 4.84. The van der Waals surface area contributed by atoms with Crippen molar-refractivity contribution in [2.45, 2.75) is 57.9 Å². The van der Waals surface area contributed by atoms with Gasteiger partial charge in [-0.25, -0.2) is 0 Å². The van der Waals surface area contributed by atoms with Crippen LogP contribution in [0, 0.1) is 11.8 Å². The number of carbonyl (C=O) groups is 1. The van der Waals surface area contributed by atoms with Crippen molar-refractivity contribution in [3.8, 4) is 0 Å². The number of amides is 1. The summed E-state index contributed by atoms with van der Waals surface area (Å²) < 4.78 is 0. The molecule has 1 aliphatic carbocycles. The summed E-state index contributed by atoms with van der Waals surface area (Å²) in [5.74, 6) is 1.61. The lowest BCUT2D eigenvalue weighted by molar-refractivity contribution is -0.123. The molecule has 1 saturated carbocycles. The Bertz CT molecular complexity index is 243. The molecule has 2 N–H and O–H groups in total. The molecule has 2 aliphatic rings. The second kappa shape index (κ2) is 6.39. The molecule has 0 unspecified atom stereocenters. The Morgan fingerprint density at radius 3 is 2.53 bits per heavy atom. The van der Waals surface area contributed by atoms with Gasteiger partial charge in [0.25, 0.3) is 0 Å². The van der Waals surface area contributed by atoms with E-state index in [4.69, 9.17) is 0 Å². The fraction of sp³-hybridized carbons (Fsp3) is 0.929. The fourth-order valence-electron chi connectivity index (χ4n) is 3.24. The lowest BCUT2D eigenvalue weighted by Gasteiger charge is -2.24. The minimum atomic E-state index is 0.274. The SMILES string of the molecule is C[C@@H](NC(=O)CC1CCNCC1)C1CCCC1. The quantitative estimate of drug-likeness (QED) is 0.787. The maximum Gasteiger partial charge on any atom is 0.220 e. The van der Waals surface area contributed by atoms with E-state index in [2.05, 4.69) is 17.6 Å². The van der Waals surface area contributed by atoms with Gasteiger partial charge >= 0.3 is 0 Å². The van der Waals surface area contributed by atoms with Gasteiger partial charge in [0.05, 0.1) is 0 Å². The number of carbonyl (C=O) groups excluding carboxylic acids is 1. The summed E-state index contributed by atoms with van der Waals surface area (Å²) in [5.41, 5.74) is 0. The van der Waals surface area contributed by atoms with Crippen LogP contribution in [0.3, 0.4) is 0 Å². The van der Waals surface area contributed by atoms with Crippen molar-refractivity contribution in [1.29, 1.82) is 0 Å². The van der Waals surface area contributed by atoms with Gasteiger partial charge in [0.1, 0.15) is 0 Å². The van der Waals surface area contributed by atoms with Gasteiger partial charge < -0.3 is 10.6 Å². The summed E-state index contributed by atoms with van der Waals surface area (Å²) in [6.07, 6.45) is 8.34. The lowest BCUT2D eigenvalue weighted by atomic mass is 9.93. The van der Waals surface area contributed by atoms with Gasteiger partial charge in [0.2, 0.25) is 5.91 Å². The molecule has 98 valence electrons. The predicted molar refractivity (Wildman–Crippen MR) is 69.8 cm³/mol. The fourth-order valence-corrected chi connectivity index (χ4v) is 3.24. The normalized spacial score (nSPS) is 24.8. The molecule has 3 nitrogen and oxygen atoms in total. The van der Waals surface area contributed by atoms with Crippen LogP contribution < -0.4 is 10.6 Å². The van der Waals surface area contributed by atoms with Crippen LogP contribution in [0.2, 0.25) is 0 Å². The molecular formula is C14H26N2O. The first-order valence-corrected chi connectivity index (χ1v) is 7.26. The summed E-state index contributed by atoms with van der Waals surface area (Å²) in [7, 11) is 0. The zero-order valence-electron chi connectivity index (χ0n) is 11.0. The maximum absolute atomic E-state index is 11.9. The number of hydrogen-bond acceptors (Lipinski definition) is 2. The van der Waals surface area contributed by atoms with Crippen molar-refractivity contribution in [1.82, 2.24) is 10.6 Å². The molecule has 1 heterocycles. The predicted octanol–water partition coefficient (Wildman–Crippen LogP) is 2.07. The Hall–Kier alpha value is -0.570. The van der Waals surface area contributed by atoms with E-state index in [1.165, 1.54) is 25.7 Å². The molecule has 1 saturated heterocycles. The smallest absolute Gasteiger partial charge is 0.220 e. The van der Waals surface area contributed by atoms with Crippen molar-refractivity contribution >= 4 is 5.91 Å². The molecule has 17 heavy (non-hydrogen) atoms. The van der Waals surface area contributed by atoms with Crippen LogP contribution in [-0.4, -0.2) is 25.0 Å². The van der Waals surface area contributed by atoms with E-state index in [0.717, 1.165) is 38.3 Å². The lowest BCUT2D eigenvalue weighted by Crippen LogP contribution is -2.39. The molecule has 0 bridgehead atoms. The van der Waals surface area contributed by atoms with Gasteiger partial charge in [-0.3, -0.25) is 4.79 Å². The number of piperidine rings is 1. The minimum absolute atomic E-state index is 0.274. The van der Waals surface area contributed by atoms with Crippen LogP contribution in [0.1, 0.15) is 51.9 Å².